The van der Waals surface area contributed by atoms with Gasteiger partial charge in [-0.1, -0.05) is 32.9 Å². The molecule has 3 N–H and O–H groups in total. The molecule has 126 valence electrons. The minimum absolute atomic E-state index is 0.00326. The molecule has 1 saturated heterocycles. The van der Waals surface area contributed by atoms with E-state index < -0.39 is 30.4 Å². The van der Waals surface area contributed by atoms with Gasteiger partial charge in [-0.05, 0) is 40.0 Å². The van der Waals surface area contributed by atoms with Crippen LogP contribution in [0.1, 0.15) is 54.9 Å². The highest BCUT2D eigenvalue weighted by Gasteiger charge is 2.52. The quantitative estimate of drug-likeness (QED) is 0.559. The SMILES string of the molecule is CCC=CC(C(C)C)C(NB1OC(C)(C)C(C)(C)O1)C(N)=O. The van der Waals surface area contributed by atoms with E-state index in [0.29, 0.717) is 0 Å². The lowest BCUT2D eigenvalue weighted by atomic mass is 9.85. The van der Waals surface area contributed by atoms with Crippen LogP contribution < -0.4 is 11.0 Å². The lowest BCUT2D eigenvalue weighted by molar-refractivity contribution is -0.121. The third-order valence-electron chi connectivity index (χ3n) is 4.62. The molecule has 2 atom stereocenters. The number of carbonyl (C=O) groups excluding carboxylic acids is 1. The highest BCUT2D eigenvalue weighted by molar-refractivity contribution is 6.43. The van der Waals surface area contributed by atoms with Crippen LogP contribution in [0.3, 0.4) is 0 Å². The Morgan fingerprint density at radius 2 is 1.73 bits per heavy atom. The highest BCUT2D eigenvalue weighted by Crippen LogP contribution is 2.36. The van der Waals surface area contributed by atoms with Crippen molar-refractivity contribution in [1.82, 2.24) is 5.23 Å². The van der Waals surface area contributed by atoms with Crippen LogP contribution >= 0.6 is 0 Å². The van der Waals surface area contributed by atoms with E-state index in [4.69, 9.17) is 15.0 Å². The number of nitrogens with one attached hydrogen (secondary N) is 1. The van der Waals surface area contributed by atoms with Crippen molar-refractivity contribution in [2.24, 2.45) is 17.6 Å². The fourth-order valence-corrected chi connectivity index (χ4v) is 2.45. The van der Waals surface area contributed by atoms with Crippen LogP contribution in [-0.2, 0) is 14.1 Å². The Hall–Kier alpha value is -0.845. The summed E-state index contributed by atoms with van der Waals surface area (Å²) in [5.74, 6) is -0.124. The van der Waals surface area contributed by atoms with Crippen LogP contribution in [0, 0.1) is 11.8 Å². The molecule has 1 heterocycles. The van der Waals surface area contributed by atoms with Crippen molar-refractivity contribution in [2.75, 3.05) is 0 Å². The lowest BCUT2D eigenvalue weighted by Gasteiger charge is -2.32. The summed E-state index contributed by atoms with van der Waals surface area (Å²) in [4.78, 5) is 11.9. The number of allylic oxidation sites excluding steroid dienone is 1. The van der Waals surface area contributed by atoms with E-state index in [1.54, 1.807) is 0 Å². The minimum atomic E-state index is -0.640. The topological polar surface area (TPSA) is 73.6 Å². The summed E-state index contributed by atoms with van der Waals surface area (Å²) in [7, 11) is -0.640. The molecule has 1 fully saturated rings. The van der Waals surface area contributed by atoms with E-state index in [1.165, 1.54) is 0 Å². The zero-order valence-corrected chi connectivity index (χ0v) is 15.0. The van der Waals surface area contributed by atoms with Gasteiger partial charge in [-0.3, -0.25) is 10.0 Å². The van der Waals surface area contributed by atoms with Gasteiger partial charge < -0.3 is 15.0 Å². The monoisotopic (exact) mass is 310 g/mol. The highest BCUT2D eigenvalue weighted by atomic mass is 16.7. The van der Waals surface area contributed by atoms with Gasteiger partial charge in [0, 0.05) is 5.92 Å². The molecule has 6 heteroatoms. The Labute approximate surface area is 135 Å². The first-order valence-electron chi connectivity index (χ1n) is 8.09. The van der Waals surface area contributed by atoms with Crippen molar-refractivity contribution < 1.29 is 14.1 Å². The normalized spacial score (nSPS) is 23.2. The second kappa shape index (κ2) is 7.15. The molecule has 22 heavy (non-hydrogen) atoms. The molecule has 0 spiro atoms. The standard InChI is InChI=1S/C16H31BN2O3/c1-8-9-10-12(11(2)3)13(14(18)20)19-17-21-15(4,5)16(6,7)22-17/h9-13,19H,8H2,1-7H3,(H2,18,20). The molecule has 0 aromatic heterocycles. The predicted octanol–water partition coefficient (Wildman–Crippen LogP) is 2.26. The molecule has 0 bridgehead atoms. The molecule has 0 aromatic rings. The van der Waals surface area contributed by atoms with Gasteiger partial charge in [0.25, 0.3) is 0 Å². The fraction of sp³-hybridized carbons (Fsp3) is 0.812. The van der Waals surface area contributed by atoms with Gasteiger partial charge in [0.1, 0.15) is 0 Å². The molecule has 1 aliphatic rings. The number of rotatable bonds is 7. The Morgan fingerprint density at radius 3 is 2.09 bits per heavy atom. The van der Waals surface area contributed by atoms with Crippen molar-refractivity contribution in [3.63, 3.8) is 0 Å². The Balaban J connectivity index is 2.89. The summed E-state index contributed by atoms with van der Waals surface area (Å²) in [6, 6.07) is -0.530. The summed E-state index contributed by atoms with van der Waals surface area (Å²) in [6.07, 6.45) is 5.04. The fourth-order valence-electron chi connectivity index (χ4n) is 2.45. The Morgan fingerprint density at radius 1 is 1.23 bits per heavy atom. The third-order valence-corrected chi connectivity index (χ3v) is 4.62. The zero-order chi connectivity index (χ0) is 17.1. The molecular weight excluding hydrogens is 279 g/mol. The maximum absolute atomic E-state index is 11.9. The number of amides is 1. The first kappa shape index (κ1) is 19.2. The molecule has 5 nitrogen and oxygen atoms in total. The van der Waals surface area contributed by atoms with E-state index in [0.717, 1.165) is 6.42 Å². The molecule has 2 unspecified atom stereocenters. The predicted molar refractivity (Wildman–Crippen MR) is 90.0 cm³/mol. The molecule has 0 aromatic carbocycles. The summed E-state index contributed by atoms with van der Waals surface area (Å²) in [5.41, 5.74) is 4.72. The average Bonchev–Trinajstić information content (AvgIpc) is 2.55. The Bertz CT molecular complexity index is 406. The van der Waals surface area contributed by atoms with Gasteiger partial charge >= 0.3 is 7.25 Å². The van der Waals surface area contributed by atoms with Gasteiger partial charge in [-0.25, -0.2) is 0 Å². The minimum Gasteiger partial charge on any atom is -0.389 e. The number of carbonyl (C=O) groups is 1. The summed E-state index contributed by atoms with van der Waals surface area (Å²) < 4.78 is 11.8. The third kappa shape index (κ3) is 4.34. The molecule has 0 aliphatic carbocycles. The van der Waals surface area contributed by atoms with E-state index in [1.807, 2.05) is 27.7 Å². The van der Waals surface area contributed by atoms with Crippen LogP contribution in [0.4, 0.5) is 0 Å². The number of nitrogens with two attached hydrogens (primary N) is 1. The van der Waals surface area contributed by atoms with Crippen molar-refractivity contribution in [1.29, 1.82) is 0 Å². The maximum Gasteiger partial charge on any atom is 0.556 e. The van der Waals surface area contributed by atoms with Gasteiger partial charge in [-0.15, -0.1) is 0 Å². The molecule has 1 aliphatic heterocycles. The van der Waals surface area contributed by atoms with Gasteiger partial charge in [0.15, 0.2) is 0 Å². The van der Waals surface area contributed by atoms with Crippen molar-refractivity contribution >= 4 is 13.2 Å². The van der Waals surface area contributed by atoms with Gasteiger partial charge in [0.05, 0.1) is 17.2 Å². The van der Waals surface area contributed by atoms with Crippen LogP contribution in [0.25, 0.3) is 0 Å². The summed E-state index contributed by atoms with van der Waals surface area (Å²) in [6.45, 7) is 14.1. The van der Waals surface area contributed by atoms with Crippen LogP contribution in [0.5, 0.6) is 0 Å². The summed E-state index contributed by atoms with van der Waals surface area (Å²) in [5, 5.41) is 3.15. The Kier molecular flexibility index (Phi) is 6.24. The summed E-state index contributed by atoms with van der Waals surface area (Å²) >= 11 is 0. The maximum atomic E-state index is 11.9. The van der Waals surface area contributed by atoms with Crippen molar-refractivity contribution in [3.05, 3.63) is 12.2 Å². The van der Waals surface area contributed by atoms with Crippen molar-refractivity contribution in [2.45, 2.75) is 72.1 Å². The first-order valence-corrected chi connectivity index (χ1v) is 8.09. The smallest absolute Gasteiger partial charge is 0.389 e. The molecule has 1 amide bonds. The molecule has 1 rings (SSSR count). The van der Waals surface area contributed by atoms with Crippen LogP contribution in [-0.4, -0.2) is 30.4 Å². The number of hydrogen-bond donors (Lipinski definition) is 2. The number of primary amides is 1. The molecule has 0 saturated carbocycles. The van der Waals surface area contributed by atoms with E-state index >= 15 is 0 Å². The van der Waals surface area contributed by atoms with Gasteiger partial charge in [0.2, 0.25) is 5.91 Å². The van der Waals surface area contributed by atoms with Crippen LogP contribution in [0.2, 0.25) is 0 Å². The molecule has 0 radical (unpaired) electrons. The van der Waals surface area contributed by atoms with E-state index in [2.05, 4.69) is 38.2 Å². The average molecular weight is 310 g/mol. The largest absolute Gasteiger partial charge is 0.556 e. The second-order valence-corrected chi connectivity index (χ2v) is 7.29. The second-order valence-electron chi connectivity index (χ2n) is 7.29. The van der Waals surface area contributed by atoms with Crippen LogP contribution in [0.15, 0.2) is 12.2 Å². The first-order chi connectivity index (χ1) is 10.0. The lowest BCUT2D eigenvalue weighted by Crippen LogP contribution is -2.54. The van der Waals surface area contributed by atoms with E-state index in [-0.39, 0.29) is 11.8 Å². The zero-order valence-electron chi connectivity index (χ0n) is 15.0. The molecular formula is C16H31BN2O3. The van der Waals surface area contributed by atoms with E-state index in [9.17, 15) is 4.79 Å². The van der Waals surface area contributed by atoms with Gasteiger partial charge in [-0.2, -0.15) is 0 Å². The van der Waals surface area contributed by atoms with Crippen molar-refractivity contribution in [3.8, 4) is 0 Å². The number of hydrogen-bond acceptors (Lipinski definition) is 4.